The quantitative estimate of drug-likeness (QED) is 0.675. The normalized spacial score (nSPS) is 21.0. The molecule has 1 aromatic rings. The van der Waals surface area contributed by atoms with Crippen LogP contribution in [0.2, 0.25) is 10.0 Å². The molecule has 0 radical (unpaired) electrons. The molecule has 17 heavy (non-hydrogen) atoms. The Kier molecular flexibility index (Phi) is 2.49. The summed E-state index contributed by atoms with van der Waals surface area (Å²) in [7, 11) is 0. The molecule has 2 aliphatic rings. The zero-order valence-electron chi connectivity index (χ0n) is 9.19. The molecule has 1 atom stereocenters. The third-order valence-corrected chi connectivity index (χ3v) is 3.54. The molecule has 1 aromatic carbocycles. The van der Waals surface area contributed by atoms with E-state index in [2.05, 4.69) is 16.8 Å². The number of hydrogen-bond donors (Lipinski definition) is 0. The van der Waals surface area contributed by atoms with Crippen LogP contribution in [-0.4, -0.2) is 10.7 Å². The second-order valence-electron chi connectivity index (χ2n) is 4.07. The van der Waals surface area contributed by atoms with Crippen LogP contribution in [0.5, 0.6) is 0 Å². The lowest BCUT2D eigenvalue weighted by atomic mass is 10.0. The molecule has 0 aromatic heterocycles. The molecule has 0 saturated carbocycles. The molecule has 0 amide bonds. The molecule has 3 rings (SSSR count). The number of amidine groups is 1. The molecule has 0 fully saturated rings. The summed E-state index contributed by atoms with van der Waals surface area (Å²) in [4.78, 5) is 6.67. The van der Waals surface area contributed by atoms with Crippen LogP contribution in [0, 0.1) is 0 Å². The van der Waals surface area contributed by atoms with Gasteiger partial charge in [-0.2, -0.15) is 0 Å². The Morgan fingerprint density at radius 1 is 1.24 bits per heavy atom. The van der Waals surface area contributed by atoms with Gasteiger partial charge in [-0.3, -0.25) is 0 Å². The van der Waals surface area contributed by atoms with Crippen LogP contribution in [0.15, 0.2) is 41.6 Å². The summed E-state index contributed by atoms with van der Waals surface area (Å²) in [6.07, 6.45) is 7.95. The van der Waals surface area contributed by atoms with Crippen LogP contribution < -0.4 is 0 Å². The van der Waals surface area contributed by atoms with Crippen molar-refractivity contribution in [1.29, 1.82) is 0 Å². The van der Waals surface area contributed by atoms with Crippen molar-refractivity contribution in [3.63, 3.8) is 0 Å². The zero-order valence-corrected chi connectivity index (χ0v) is 10.7. The second-order valence-corrected chi connectivity index (χ2v) is 4.92. The van der Waals surface area contributed by atoms with Crippen molar-refractivity contribution in [2.45, 2.75) is 13.0 Å². The Labute approximate surface area is 110 Å². The number of hydrogen-bond acceptors (Lipinski definition) is 2. The van der Waals surface area contributed by atoms with E-state index in [1.165, 1.54) is 0 Å². The summed E-state index contributed by atoms with van der Waals surface area (Å²) < 4.78 is 0. The molecule has 2 heterocycles. The third-order valence-electron chi connectivity index (χ3n) is 3.01. The number of halogens is 2. The first-order chi connectivity index (χ1) is 8.16. The lowest BCUT2D eigenvalue weighted by molar-refractivity contribution is 0.437. The molecular formula is C13H10Cl2N2. The number of nitrogens with zero attached hydrogens (tertiary/aromatic N) is 2. The van der Waals surface area contributed by atoms with Gasteiger partial charge in [0, 0.05) is 21.8 Å². The van der Waals surface area contributed by atoms with Crippen LogP contribution in [-0.2, 0) is 0 Å². The van der Waals surface area contributed by atoms with Gasteiger partial charge < -0.3 is 4.90 Å². The Bertz CT molecular complexity index is 573. The number of allylic oxidation sites excluding steroid dienone is 2. The zero-order chi connectivity index (χ0) is 12.0. The first-order valence-electron chi connectivity index (χ1n) is 5.37. The molecule has 4 heteroatoms. The van der Waals surface area contributed by atoms with Crippen LogP contribution in [0.25, 0.3) is 0 Å². The van der Waals surface area contributed by atoms with E-state index >= 15 is 0 Å². The molecule has 2 nitrogen and oxygen atoms in total. The van der Waals surface area contributed by atoms with Crippen molar-refractivity contribution in [1.82, 2.24) is 4.90 Å². The predicted octanol–water partition coefficient (Wildman–Crippen LogP) is 4.48. The average Bonchev–Trinajstić information content (AvgIpc) is 2.28. The topological polar surface area (TPSA) is 15.6 Å². The fourth-order valence-electron chi connectivity index (χ4n) is 2.21. The predicted molar refractivity (Wildman–Crippen MR) is 72.1 cm³/mol. The van der Waals surface area contributed by atoms with Crippen LogP contribution in [0.1, 0.15) is 18.5 Å². The highest BCUT2D eigenvalue weighted by Crippen LogP contribution is 2.41. The summed E-state index contributed by atoms with van der Waals surface area (Å²) in [5, 5.41) is 1.29. The molecular weight excluding hydrogens is 255 g/mol. The minimum absolute atomic E-state index is 0.170. The fourth-order valence-corrected chi connectivity index (χ4v) is 2.85. The average molecular weight is 265 g/mol. The van der Waals surface area contributed by atoms with Gasteiger partial charge in [0.2, 0.25) is 0 Å². The van der Waals surface area contributed by atoms with Gasteiger partial charge in [-0.1, -0.05) is 29.3 Å². The minimum atomic E-state index is 0.170. The highest BCUT2D eigenvalue weighted by Gasteiger charge is 2.27. The number of rotatable bonds is 0. The summed E-state index contributed by atoms with van der Waals surface area (Å²) in [6.45, 7) is 2.11. The van der Waals surface area contributed by atoms with Gasteiger partial charge in [0.25, 0.3) is 0 Å². The first kappa shape index (κ1) is 10.9. The van der Waals surface area contributed by atoms with Crippen molar-refractivity contribution >= 4 is 34.7 Å². The summed E-state index contributed by atoms with van der Waals surface area (Å²) >= 11 is 12.3. The van der Waals surface area contributed by atoms with E-state index in [0.29, 0.717) is 10.0 Å². The molecule has 1 unspecified atom stereocenters. The van der Waals surface area contributed by atoms with Crippen molar-refractivity contribution in [2.24, 2.45) is 4.99 Å². The van der Waals surface area contributed by atoms with E-state index in [0.717, 1.165) is 17.1 Å². The SMILES string of the molecule is CC1c2c(Cl)cc(Cl)cc2N=C2C=CC=CN21. The highest BCUT2D eigenvalue weighted by molar-refractivity contribution is 6.35. The van der Waals surface area contributed by atoms with Crippen molar-refractivity contribution in [3.05, 3.63) is 52.2 Å². The van der Waals surface area contributed by atoms with E-state index in [-0.39, 0.29) is 6.04 Å². The smallest absolute Gasteiger partial charge is 0.133 e. The summed E-state index contributed by atoms with van der Waals surface area (Å²) in [6, 6.07) is 3.79. The molecule has 86 valence electrons. The lowest BCUT2D eigenvalue weighted by Gasteiger charge is -2.34. The van der Waals surface area contributed by atoms with Gasteiger partial charge in [0.15, 0.2) is 0 Å². The molecule has 0 aliphatic carbocycles. The van der Waals surface area contributed by atoms with E-state index < -0.39 is 0 Å². The van der Waals surface area contributed by atoms with Gasteiger partial charge in [0.05, 0.1) is 11.7 Å². The van der Waals surface area contributed by atoms with Gasteiger partial charge in [0.1, 0.15) is 5.84 Å². The van der Waals surface area contributed by atoms with Gasteiger partial charge in [-0.15, -0.1) is 0 Å². The van der Waals surface area contributed by atoms with Crippen molar-refractivity contribution in [3.8, 4) is 0 Å². The van der Waals surface area contributed by atoms with Gasteiger partial charge in [-0.25, -0.2) is 4.99 Å². The Balaban J connectivity index is 2.23. The van der Waals surface area contributed by atoms with Crippen LogP contribution >= 0.6 is 23.2 Å². The monoisotopic (exact) mass is 264 g/mol. The van der Waals surface area contributed by atoms with Crippen molar-refractivity contribution < 1.29 is 0 Å². The molecule has 0 spiro atoms. The third kappa shape index (κ3) is 1.68. The Morgan fingerprint density at radius 3 is 2.88 bits per heavy atom. The fraction of sp³-hybridized carbons (Fsp3) is 0.154. The Morgan fingerprint density at radius 2 is 2.06 bits per heavy atom. The second kappa shape index (κ2) is 3.90. The largest absolute Gasteiger partial charge is 0.326 e. The number of benzene rings is 1. The van der Waals surface area contributed by atoms with E-state index in [1.54, 1.807) is 6.07 Å². The van der Waals surface area contributed by atoms with Crippen molar-refractivity contribution in [2.75, 3.05) is 0 Å². The highest BCUT2D eigenvalue weighted by atomic mass is 35.5. The lowest BCUT2D eigenvalue weighted by Crippen LogP contribution is -2.31. The van der Waals surface area contributed by atoms with Gasteiger partial charge in [-0.05, 0) is 31.2 Å². The number of aliphatic imine (C=N–C) groups is 1. The van der Waals surface area contributed by atoms with Crippen LogP contribution in [0.4, 0.5) is 5.69 Å². The summed E-state index contributed by atoms with van der Waals surface area (Å²) in [5.41, 5.74) is 1.89. The number of fused-ring (bicyclic) bond motifs is 2. The maximum atomic E-state index is 6.25. The Hall–Kier alpha value is -1.25. The van der Waals surface area contributed by atoms with E-state index in [9.17, 15) is 0 Å². The minimum Gasteiger partial charge on any atom is -0.326 e. The van der Waals surface area contributed by atoms with Gasteiger partial charge >= 0.3 is 0 Å². The molecule has 0 N–H and O–H groups in total. The van der Waals surface area contributed by atoms with E-state index in [1.807, 2.05) is 30.5 Å². The summed E-state index contributed by atoms with van der Waals surface area (Å²) in [5.74, 6) is 0.922. The maximum absolute atomic E-state index is 6.25. The first-order valence-corrected chi connectivity index (χ1v) is 6.13. The molecule has 0 saturated heterocycles. The molecule has 2 aliphatic heterocycles. The van der Waals surface area contributed by atoms with E-state index in [4.69, 9.17) is 23.2 Å². The maximum Gasteiger partial charge on any atom is 0.133 e. The van der Waals surface area contributed by atoms with Crippen LogP contribution in [0.3, 0.4) is 0 Å². The standard InChI is InChI=1S/C13H10Cl2N2/c1-8-13-10(15)6-9(14)7-11(13)16-12-4-2-3-5-17(8)12/h2-8H,1H3. The molecule has 0 bridgehead atoms.